The van der Waals surface area contributed by atoms with Crippen LogP contribution >= 0.6 is 11.6 Å². The van der Waals surface area contributed by atoms with E-state index in [-0.39, 0.29) is 5.28 Å². The van der Waals surface area contributed by atoms with Gasteiger partial charge >= 0.3 is 0 Å². The molecule has 2 aromatic carbocycles. The molecular weight excluding hydrogens is 286 g/mol. The Balaban J connectivity index is 1.86. The van der Waals surface area contributed by atoms with Crippen LogP contribution in [0.5, 0.6) is 11.5 Å². The summed E-state index contributed by atoms with van der Waals surface area (Å²) in [5, 5.41) is 3.37. The molecule has 0 radical (unpaired) electrons. The van der Waals surface area contributed by atoms with Gasteiger partial charge < -0.3 is 10.1 Å². The molecule has 1 aromatic heterocycles. The van der Waals surface area contributed by atoms with Gasteiger partial charge in [0.05, 0.1) is 5.69 Å². The molecule has 21 heavy (non-hydrogen) atoms. The van der Waals surface area contributed by atoms with Crippen molar-refractivity contribution in [2.45, 2.75) is 0 Å². The van der Waals surface area contributed by atoms with Gasteiger partial charge in [-0.2, -0.15) is 0 Å². The molecule has 1 N–H and O–H groups in total. The minimum atomic E-state index is 0.196. The smallest absolute Gasteiger partial charge is 0.224 e. The van der Waals surface area contributed by atoms with E-state index in [1.54, 1.807) is 12.3 Å². The van der Waals surface area contributed by atoms with E-state index in [9.17, 15) is 0 Å². The van der Waals surface area contributed by atoms with E-state index in [4.69, 9.17) is 16.3 Å². The van der Waals surface area contributed by atoms with Crippen molar-refractivity contribution >= 4 is 23.1 Å². The Bertz CT molecular complexity index is 734. The van der Waals surface area contributed by atoms with E-state index in [1.807, 2.05) is 54.6 Å². The van der Waals surface area contributed by atoms with Gasteiger partial charge in [0.15, 0.2) is 5.75 Å². The van der Waals surface area contributed by atoms with Crippen LogP contribution < -0.4 is 10.1 Å². The third-order valence-corrected chi connectivity index (χ3v) is 2.93. The number of nitrogens with zero attached hydrogens (tertiary/aromatic N) is 2. The molecule has 0 unspecified atom stereocenters. The van der Waals surface area contributed by atoms with E-state index in [1.165, 1.54) is 0 Å². The average Bonchev–Trinajstić information content (AvgIpc) is 2.50. The molecule has 104 valence electrons. The number of para-hydroxylation sites is 3. The maximum atomic E-state index is 5.87. The molecule has 0 saturated heterocycles. The van der Waals surface area contributed by atoms with Crippen LogP contribution in [-0.2, 0) is 0 Å². The van der Waals surface area contributed by atoms with Crippen LogP contribution in [-0.4, -0.2) is 9.97 Å². The lowest BCUT2D eigenvalue weighted by Crippen LogP contribution is -1.97. The quantitative estimate of drug-likeness (QED) is 0.711. The summed E-state index contributed by atoms with van der Waals surface area (Å²) in [7, 11) is 0. The number of ether oxygens (including phenoxy) is 1. The molecule has 4 nitrogen and oxygen atoms in total. The number of rotatable bonds is 4. The zero-order valence-electron chi connectivity index (χ0n) is 11.0. The number of hydrogen-bond acceptors (Lipinski definition) is 4. The van der Waals surface area contributed by atoms with E-state index < -0.39 is 0 Å². The third-order valence-electron chi connectivity index (χ3n) is 2.75. The fourth-order valence-electron chi connectivity index (χ4n) is 1.82. The summed E-state index contributed by atoms with van der Waals surface area (Å²) in [6.07, 6.45) is 1.60. The van der Waals surface area contributed by atoms with E-state index >= 15 is 0 Å². The molecule has 0 amide bonds. The molecule has 0 aliphatic heterocycles. The molecule has 0 bridgehead atoms. The highest BCUT2D eigenvalue weighted by molar-refractivity contribution is 6.28. The van der Waals surface area contributed by atoms with Gasteiger partial charge in [-0.15, -0.1) is 0 Å². The maximum absolute atomic E-state index is 5.87. The molecule has 0 atom stereocenters. The van der Waals surface area contributed by atoms with Gasteiger partial charge in [0.25, 0.3) is 0 Å². The lowest BCUT2D eigenvalue weighted by atomic mass is 10.3. The van der Waals surface area contributed by atoms with Crippen LogP contribution in [0.4, 0.5) is 11.5 Å². The number of aromatic nitrogens is 2. The second-order valence-corrected chi connectivity index (χ2v) is 4.59. The Morgan fingerprint density at radius 1 is 0.905 bits per heavy atom. The normalized spacial score (nSPS) is 10.1. The van der Waals surface area contributed by atoms with Crippen LogP contribution in [0.2, 0.25) is 5.28 Å². The summed E-state index contributed by atoms with van der Waals surface area (Å²) in [6, 6.07) is 19.0. The van der Waals surface area contributed by atoms with E-state index in [2.05, 4.69) is 15.3 Å². The molecule has 3 aromatic rings. The molecule has 0 spiro atoms. The molecule has 1 heterocycles. The zero-order chi connectivity index (χ0) is 14.5. The van der Waals surface area contributed by atoms with Gasteiger partial charge in [-0.3, -0.25) is 0 Å². The van der Waals surface area contributed by atoms with Crippen LogP contribution in [0, 0.1) is 0 Å². The van der Waals surface area contributed by atoms with Crippen molar-refractivity contribution in [3.05, 3.63) is 72.1 Å². The molecular formula is C16H12ClN3O. The van der Waals surface area contributed by atoms with Crippen molar-refractivity contribution in [2.75, 3.05) is 5.32 Å². The number of hydrogen-bond donors (Lipinski definition) is 1. The first kappa shape index (κ1) is 13.4. The Morgan fingerprint density at radius 3 is 2.48 bits per heavy atom. The monoisotopic (exact) mass is 297 g/mol. The fourth-order valence-corrected chi connectivity index (χ4v) is 1.96. The number of nitrogens with one attached hydrogen (secondary N) is 1. The first-order valence-electron chi connectivity index (χ1n) is 6.39. The van der Waals surface area contributed by atoms with Crippen molar-refractivity contribution < 1.29 is 4.74 Å². The van der Waals surface area contributed by atoms with Crippen LogP contribution in [0.25, 0.3) is 0 Å². The highest BCUT2D eigenvalue weighted by atomic mass is 35.5. The maximum Gasteiger partial charge on any atom is 0.224 e. The first-order chi connectivity index (χ1) is 10.3. The number of halogens is 1. The standard InChI is InChI=1S/C16H12ClN3O/c17-16-18-11-10-15(20-16)19-13-8-4-5-9-14(13)21-12-6-2-1-3-7-12/h1-11H,(H,18,19,20). The van der Waals surface area contributed by atoms with Crippen LogP contribution in [0.3, 0.4) is 0 Å². The summed E-state index contributed by atoms with van der Waals surface area (Å²) in [5.41, 5.74) is 0.802. The summed E-state index contributed by atoms with van der Waals surface area (Å²) in [6.45, 7) is 0. The van der Waals surface area contributed by atoms with Gasteiger partial charge in [0.2, 0.25) is 5.28 Å². The molecule has 5 heteroatoms. The van der Waals surface area contributed by atoms with Gasteiger partial charge in [-0.1, -0.05) is 30.3 Å². The number of benzene rings is 2. The van der Waals surface area contributed by atoms with Crippen LogP contribution in [0.15, 0.2) is 66.9 Å². The number of anilines is 2. The summed E-state index contributed by atoms with van der Waals surface area (Å²) in [5.74, 6) is 2.09. The first-order valence-corrected chi connectivity index (χ1v) is 6.76. The predicted octanol–water partition coefficient (Wildman–Crippen LogP) is 4.67. The summed E-state index contributed by atoms with van der Waals surface area (Å²) in [4.78, 5) is 7.96. The zero-order valence-corrected chi connectivity index (χ0v) is 11.8. The van der Waals surface area contributed by atoms with Gasteiger partial charge in [-0.05, 0) is 41.9 Å². The molecule has 0 aliphatic rings. The second-order valence-electron chi connectivity index (χ2n) is 4.25. The van der Waals surface area contributed by atoms with Crippen molar-refractivity contribution in [2.24, 2.45) is 0 Å². The summed E-state index contributed by atoms with van der Waals surface area (Å²) < 4.78 is 5.87. The Hall–Kier alpha value is -2.59. The Morgan fingerprint density at radius 2 is 1.67 bits per heavy atom. The van der Waals surface area contributed by atoms with Crippen molar-refractivity contribution in [1.82, 2.24) is 9.97 Å². The second kappa shape index (κ2) is 6.24. The fraction of sp³-hybridized carbons (Fsp3) is 0. The Kier molecular flexibility index (Phi) is 3.98. The molecule has 3 rings (SSSR count). The molecule has 0 aliphatic carbocycles. The lowest BCUT2D eigenvalue weighted by molar-refractivity contribution is 0.485. The largest absolute Gasteiger partial charge is 0.455 e. The topological polar surface area (TPSA) is 47.0 Å². The third kappa shape index (κ3) is 3.49. The SMILES string of the molecule is Clc1nccc(Nc2ccccc2Oc2ccccc2)n1. The predicted molar refractivity (Wildman–Crippen MR) is 83.3 cm³/mol. The summed E-state index contributed by atoms with van der Waals surface area (Å²) >= 11 is 5.79. The van der Waals surface area contributed by atoms with Gasteiger partial charge in [0, 0.05) is 6.20 Å². The lowest BCUT2D eigenvalue weighted by Gasteiger charge is -2.12. The van der Waals surface area contributed by atoms with Gasteiger partial charge in [-0.25, -0.2) is 9.97 Å². The highest BCUT2D eigenvalue weighted by Crippen LogP contribution is 2.30. The van der Waals surface area contributed by atoms with E-state index in [0.717, 1.165) is 11.4 Å². The molecule has 0 saturated carbocycles. The van der Waals surface area contributed by atoms with Crippen molar-refractivity contribution in [3.8, 4) is 11.5 Å². The van der Waals surface area contributed by atoms with Crippen molar-refractivity contribution in [1.29, 1.82) is 0 Å². The average molecular weight is 298 g/mol. The van der Waals surface area contributed by atoms with Crippen LogP contribution in [0.1, 0.15) is 0 Å². The minimum absolute atomic E-state index is 0.196. The minimum Gasteiger partial charge on any atom is -0.455 e. The highest BCUT2D eigenvalue weighted by Gasteiger charge is 2.05. The molecule has 0 fully saturated rings. The van der Waals surface area contributed by atoms with E-state index in [0.29, 0.717) is 11.6 Å². The van der Waals surface area contributed by atoms with Gasteiger partial charge in [0.1, 0.15) is 11.6 Å². The van der Waals surface area contributed by atoms with Crippen molar-refractivity contribution in [3.63, 3.8) is 0 Å². The Labute approximate surface area is 127 Å².